The summed E-state index contributed by atoms with van der Waals surface area (Å²) < 4.78 is 64.5. The Balaban J connectivity index is 1.39. The van der Waals surface area contributed by atoms with Crippen molar-refractivity contribution in [1.29, 1.82) is 0 Å². The van der Waals surface area contributed by atoms with Crippen molar-refractivity contribution in [3.8, 4) is 5.75 Å². The van der Waals surface area contributed by atoms with E-state index in [1.807, 2.05) is 34.2 Å². The quantitative estimate of drug-likeness (QED) is 0.213. The normalized spacial score (nSPS) is 21.5. The smallest absolute Gasteiger partial charge is 0.451 e. The van der Waals surface area contributed by atoms with Gasteiger partial charge in [0.25, 0.3) is 5.91 Å². The number of ether oxygens (including phenoxy) is 6. The van der Waals surface area contributed by atoms with Crippen LogP contribution in [0.25, 0.3) is 0 Å². The van der Waals surface area contributed by atoms with Crippen LogP contribution in [-0.4, -0.2) is 94.4 Å². The van der Waals surface area contributed by atoms with E-state index in [1.54, 1.807) is 11.0 Å². The molecule has 3 aromatic rings. The maximum atomic E-state index is 16.0. The fourth-order valence-electron chi connectivity index (χ4n) is 6.77. The van der Waals surface area contributed by atoms with Crippen molar-refractivity contribution in [2.24, 2.45) is 0 Å². The molecule has 4 aliphatic heterocycles. The second-order valence-electron chi connectivity index (χ2n) is 11.2. The monoisotopic (exact) mass is 654 g/mol. The topological polar surface area (TPSA) is 121 Å². The number of pyridine rings is 1. The predicted molar refractivity (Wildman–Crippen MR) is 160 cm³/mol. The Morgan fingerprint density at radius 3 is 2.55 bits per heavy atom. The Kier molecular flexibility index (Phi) is 8.42. The average Bonchev–Trinajstić information content (AvgIpc) is 3.21. The van der Waals surface area contributed by atoms with E-state index in [-0.39, 0.29) is 56.6 Å². The lowest BCUT2D eigenvalue weighted by atomic mass is 9.91. The minimum absolute atomic E-state index is 0.0518. The number of carbonyl (C=O) groups excluding carboxylic acids is 2. The summed E-state index contributed by atoms with van der Waals surface area (Å²) in [5.41, 5.74) is 1.41. The lowest BCUT2D eigenvalue weighted by Crippen LogP contribution is -2.66. The molecule has 1 amide bonds. The van der Waals surface area contributed by atoms with Gasteiger partial charge in [0.15, 0.2) is 17.3 Å². The second-order valence-corrected chi connectivity index (χ2v) is 11.2. The summed E-state index contributed by atoms with van der Waals surface area (Å²) in [5.74, 6) is -2.83. The number of hydrogen-bond donors (Lipinski definition) is 0. The molecule has 0 saturated carbocycles. The van der Waals surface area contributed by atoms with Crippen LogP contribution in [-0.2, 0) is 23.7 Å². The van der Waals surface area contributed by atoms with Gasteiger partial charge in [0, 0.05) is 49.3 Å². The predicted octanol–water partition coefficient (Wildman–Crippen LogP) is 2.69. The summed E-state index contributed by atoms with van der Waals surface area (Å²) in [6, 6.07) is 10.0. The highest BCUT2D eigenvalue weighted by atomic mass is 19.2. The summed E-state index contributed by atoms with van der Waals surface area (Å²) in [5, 5.41) is 1.83. The van der Waals surface area contributed by atoms with E-state index in [4.69, 9.17) is 28.4 Å². The van der Waals surface area contributed by atoms with Gasteiger partial charge in [0.1, 0.15) is 18.8 Å². The number of methoxy groups -OCH3 is 1. The maximum Gasteiger partial charge on any atom is 0.511 e. The highest BCUT2D eigenvalue weighted by molar-refractivity contribution is 5.96. The van der Waals surface area contributed by atoms with Gasteiger partial charge in [-0.25, -0.2) is 13.6 Å². The van der Waals surface area contributed by atoms with Gasteiger partial charge < -0.3 is 38.2 Å². The van der Waals surface area contributed by atoms with Crippen molar-refractivity contribution in [3.05, 3.63) is 92.9 Å². The number of nitrogens with zero attached hydrogens (tertiary/aromatic N) is 4. The largest absolute Gasteiger partial charge is 0.511 e. The van der Waals surface area contributed by atoms with E-state index in [2.05, 4.69) is 0 Å². The van der Waals surface area contributed by atoms with Gasteiger partial charge in [0.2, 0.25) is 18.0 Å². The van der Waals surface area contributed by atoms with Gasteiger partial charge in [-0.3, -0.25) is 19.3 Å². The zero-order valence-electron chi connectivity index (χ0n) is 25.4. The number of morpholine rings is 2. The Bertz CT molecular complexity index is 1750. The van der Waals surface area contributed by atoms with Gasteiger partial charge in [-0.1, -0.05) is 24.3 Å². The van der Waals surface area contributed by atoms with Crippen LogP contribution in [0.4, 0.5) is 19.3 Å². The van der Waals surface area contributed by atoms with Crippen molar-refractivity contribution >= 4 is 17.7 Å². The van der Waals surface area contributed by atoms with E-state index in [0.717, 1.165) is 17.3 Å². The van der Waals surface area contributed by atoms with E-state index in [1.165, 1.54) is 24.0 Å². The molecule has 3 atom stereocenters. The van der Waals surface area contributed by atoms with Gasteiger partial charge in [-0.05, 0) is 17.7 Å². The Hall–Kier alpha value is -4.73. The molecule has 13 nitrogen and oxygen atoms in total. The summed E-state index contributed by atoms with van der Waals surface area (Å²) >= 11 is 0. The number of fused-ring (bicyclic) bond motifs is 7. The van der Waals surface area contributed by atoms with Gasteiger partial charge in [0.05, 0.1) is 39.1 Å². The summed E-state index contributed by atoms with van der Waals surface area (Å²) in [6.45, 7) is 0.893. The molecule has 0 bridgehead atoms. The number of para-hydroxylation sites is 1. The molecule has 0 N–H and O–H groups in total. The number of anilines is 1. The third-order valence-electron chi connectivity index (χ3n) is 8.77. The van der Waals surface area contributed by atoms with Crippen molar-refractivity contribution in [2.45, 2.75) is 18.2 Å². The average molecular weight is 655 g/mol. The maximum absolute atomic E-state index is 16.0. The van der Waals surface area contributed by atoms with Crippen molar-refractivity contribution < 1.29 is 46.8 Å². The van der Waals surface area contributed by atoms with Crippen LogP contribution in [0.5, 0.6) is 5.75 Å². The lowest BCUT2D eigenvalue weighted by molar-refractivity contribution is -0.0216. The molecule has 2 saturated heterocycles. The number of amides is 1. The minimum atomic E-state index is -1.05. The zero-order chi connectivity index (χ0) is 32.7. The van der Waals surface area contributed by atoms with Crippen LogP contribution >= 0.6 is 0 Å². The first-order chi connectivity index (χ1) is 22.9. The molecule has 2 fully saturated rings. The molecule has 1 aromatic heterocycles. The molecule has 5 heterocycles. The molecule has 0 spiro atoms. The molecule has 7 rings (SSSR count). The molecule has 47 heavy (non-hydrogen) atoms. The highest BCUT2D eigenvalue weighted by Gasteiger charge is 2.48. The number of carbonyl (C=O) groups is 2. The van der Waals surface area contributed by atoms with Crippen LogP contribution in [0.15, 0.2) is 53.5 Å². The molecule has 4 aliphatic rings. The Morgan fingerprint density at radius 1 is 0.936 bits per heavy atom. The third-order valence-corrected chi connectivity index (χ3v) is 8.77. The Labute approximate surface area is 267 Å². The van der Waals surface area contributed by atoms with Crippen LogP contribution in [0.3, 0.4) is 0 Å². The zero-order valence-corrected chi connectivity index (χ0v) is 25.4. The number of aromatic nitrogens is 1. The minimum Gasteiger partial charge on any atom is -0.451 e. The standard InChI is InChI=1S/C32H32F2N4O9/c1-42-14-15-45-32(41)47-18-46-30-24(39)8-9-37-29(30)31(40)36-11-13-44-17-25(36)38(37)28-19-4-2-3-5-22(19)35-10-12-43-16-23(35)26-20(28)6-7-21(33)27(26)34/h2-9,23,25,28H,10-18H2,1H3. The van der Waals surface area contributed by atoms with Crippen molar-refractivity contribution in [3.63, 3.8) is 0 Å². The first-order valence-corrected chi connectivity index (χ1v) is 15.2. The first kappa shape index (κ1) is 30.9. The van der Waals surface area contributed by atoms with E-state index >= 15 is 4.39 Å². The van der Waals surface area contributed by atoms with E-state index in [0.29, 0.717) is 18.7 Å². The number of halogens is 2. The molecule has 0 radical (unpaired) electrons. The van der Waals surface area contributed by atoms with E-state index < -0.39 is 54.2 Å². The molecule has 2 aromatic carbocycles. The number of rotatable bonds is 7. The molecule has 248 valence electrons. The Morgan fingerprint density at radius 2 is 1.72 bits per heavy atom. The molecule has 0 aliphatic carbocycles. The lowest BCUT2D eigenvalue weighted by Gasteiger charge is -2.51. The molecular formula is C32H32F2N4O9. The van der Waals surface area contributed by atoms with E-state index in [9.17, 15) is 18.8 Å². The first-order valence-electron chi connectivity index (χ1n) is 15.2. The third kappa shape index (κ3) is 5.33. The van der Waals surface area contributed by atoms with Crippen LogP contribution < -0.4 is 20.1 Å². The SMILES string of the molecule is COCCOC(=O)OCOc1c2n(ccc1=O)N(C1c3ccccc3N3CCOCC3c3c1ccc(F)c3F)C1COCCN1C2=O. The van der Waals surface area contributed by atoms with Crippen molar-refractivity contribution in [2.75, 3.05) is 76.5 Å². The molecule has 15 heteroatoms. The number of benzene rings is 2. The van der Waals surface area contributed by atoms with Gasteiger partial charge >= 0.3 is 6.16 Å². The fraction of sp³-hybridized carbons (Fsp3) is 0.406. The number of hydrogen-bond acceptors (Lipinski definition) is 11. The summed E-state index contributed by atoms with van der Waals surface area (Å²) in [7, 11) is 1.45. The van der Waals surface area contributed by atoms with Gasteiger partial charge in [-0.15, -0.1) is 0 Å². The van der Waals surface area contributed by atoms with Crippen molar-refractivity contribution in [1.82, 2.24) is 9.58 Å². The van der Waals surface area contributed by atoms with Crippen LogP contribution in [0.1, 0.15) is 39.3 Å². The molecular weight excluding hydrogens is 622 g/mol. The fourth-order valence-corrected chi connectivity index (χ4v) is 6.77. The van der Waals surface area contributed by atoms with Crippen LogP contribution in [0.2, 0.25) is 0 Å². The van der Waals surface area contributed by atoms with Gasteiger partial charge in [-0.2, -0.15) is 0 Å². The summed E-state index contributed by atoms with van der Waals surface area (Å²) in [6.07, 6.45) is -0.316. The summed E-state index contributed by atoms with van der Waals surface area (Å²) in [4.78, 5) is 42.9. The second kappa shape index (κ2) is 12.8. The molecule has 3 unspecified atom stereocenters. The highest BCUT2D eigenvalue weighted by Crippen LogP contribution is 2.48. The van der Waals surface area contributed by atoms with Crippen LogP contribution in [0, 0.1) is 11.6 Å².